The number of ether oxygens (including phenoxy) is 1. The van der Waals surface area contributed by atoms with E-state index in [1.807, 2.05) is 13.0 Å². The third-order valence-corrected chi connectivity index (χ3v) is 3.13. The topological polar surface area (TPSA) is 35.7 Å². The molecule has 107 valence electrons. The van der Waals surface area contributed by atoms with Gasteiger partial charge in [-0.2, -0.15) is 13.2 Å². The maximum atomic E-state index is 13.0. The largest absolute Gasteiger partial charge is 0.479 e. The number of halogens is 3. The zero-order valence-corrected chi connectivity index (χ0v) is 11.4. The fourth-order valence-electron chi connectivity index (χ4n) is 2.04. The molecule has 0 aliphatic carbocycles. The first-order valence-corrected chi connectivity index (χ1v) is 6.13. The van der Waals surface area contributed by atoms with Crippen molar-refractivity contribution in [3.05, 3.63) is 40.8 Å². The summed E-state index contributed by atoms with van der Waals surface area (Å²) in [6, 6.07) is 5.41. The van der Waals surface area contributed by atoms with Crippen molar-refractivity contribution >= 4 is 11.3 Å². The van der Waals surface area contributed by atoms with Gasteiger partial charge >= 0.3 is 6.18 Å². The highest BCUT2D eigenvalue weighted by atomic mass is 19.4. The molecule has 0 spiro atoms. The molecule has 1 aromatic rings. The minimum Gasteiger partial charge on any atom is -0.479 e. The smallest absolute Gasteiger partial charge is 0.436 e. The standard InChI is InChI=1S/C14H14F3N2O/c1-4-9-6-5-8(2)10(7-9)11-12(14(15,16)17)18-19-13(11)20-3/h5-7H,4H2,1-3H3. The molecule has 6 heteroatoms. The molecule has 0 unspecified atom stereocenters. The molecule has 1 aliphatic heterocycles. The van der Waals surface area contributed by atoms with Crippen molar-refractivity contribution in [2.45, 2.75) is 26.4 Å². The molecule has 1 aliphatic rings. The number of rotatable bonds is 3. The van der Waals surface area contributed by atoms with Crippen LogP contribution in [0.2, 0.25) is 0 Å². The third-order valence-electron chi connectivity index (χ3n) is 3.13. The Morgan fingerprint density at radius 3 is 2.50 bits per heavy atom. The van der Waals surface area contributed by atoms with Crippen molar-refractivity contribution in [1.82, 2.24) is 5.43 Å². The molecule has 1 radical (unpaired) electrons. The summed E-state index contributed by atoms with van der Waals surface area (Å²) in [7, 11) is 1.28. The molecular formula is C14H14F3N2O. The number of allylic oxidation sites excluding steroid dienone is 1. The summed E-state index contributed by atoms with van der Waals surface area (Å²) < 4.78 is 44.0. The quantitative estimate of drug-likeness (QED) is 0.837. The number of nitrogens with zero attached hydrogens (tertiary/aromatic N) is 2. The Morgan fingerprint density at radius 1 is 1.25 bits per heavy atom. The van der Waals surface area contributed by atoms with E-state index in [-0.39, 0.29) is 11.5 Å². The van der Waals surface area contributed by atoms with Crippen LogP contribution in [0.25, 0.3) is 5.57 Å². The number of alkyl halides is 3. The number of aryl methyl sites for hydroxylation is 2. The molecular weight excluding hydrogens is 269 g/mol. The van der Waals surface area contributed by atoms with E-state index >= 15 is 0 Å². The summed E-state index contributed by atoms with van der Waals surface area (Å²) in [6.07, 6.45) is -3.83. The van der Waals surface area contributed by atoms with Crippen molar-refractivity contribution in [3.63, 3.8) is 0 Å². The molecule has 0 bridgehead atoms. The van der Waals surface area contributed by atoms with Crippen LogP contribution in [0.5, 0.6) is 0 Å². The van der Waals surface area contributed by atoms with Gasteiger partial charge in [0, 0.05) is 0 Å². The lowest BCUT2D eigenvalue weighted by molar-refractivity contribution is -0.0572. The van der Waals surface area contributed by atoms with Crippen molar-refractivity contribution in [1.29, 1.82) is 0 Å². The molecule has 1 heterocycles. The monoisotopic (exact) mass is 283 g/mol. The van der Waals surface area contributed by atoms with Gasteiger partial charge in [-0.15, -0.1) is 10.5 Å². The van der Waals surface area contributed by atoms with Gasteiger partial charge in [-0.3, -0.25) is 0 Å². The van der Waals surface area contributed by atoms with Crippen molar-refractivity contribution in [3.8, 4) is 0 Å². The summed E-state index contributed by atoms with van der Waals surface area (Å²) >= 11 is 0. The molecule has 0 atom stereocenters. The Hall–Kier alpha value is -1.98. The summed E-state index contributed by atoms with van der Waals surface area (Å²) in [5.41, 5.74) is 4.51. The predicted molar refractivity (Wildman–Crippen MR) is 70.1 cm³/mol. The Balaban J connectivity index is 2.61. The average Bonchev–Trinajstić information content (AvgIpc) is 2.83. The first-order valence-electron chi connectivity index (χ1n) is 6.13. The number of hydrogen-bond donors (Lipinski definition) is 0. The van der Waals surface area contributed by atoms with Crippen LogP contribution in [0, 0.1) is 6.92 Å². The van der Waals surface area contributed by atoms with Gasteiger partial charge in [0.1, 0.15) is 0 Å². The van der Waals surface area contributed by atoms with E-state index in [9.17, 15) is 13.2 Å². The molecule has 0 amide bonds. The lowest BCUT2D eigenvalue weighted by Crippen LogP contribution is -2.23. The highest BCUT2D eigenvalue weighted by Gasteiger charge is 2.44. The molecule has 1 aromatic carbocycles. The summed E-state index contributed by atoms with van der Waals surface area (Å²) in [5.74, 6) is -0.103. The highest BCUT2D eigenvalue weighted by Crippen LogP contribution is 2.35. The average molecular weight is 283 g/mol. The fraction of sp³-hybridized carbons (Fsp3) is 0.357. The van der Waals surface area contributed by atoms with E-state index in [2.05, 4.69) is 10.5 Å². The van der Waals surface area contributed by atoms with E-state index < -0.39 is 11.9 Å². The van der Waals surface area contributed by atoms with Crippen LogP contribution in [0.1, 0.15) is 23.6 Å². The molecule has 0 N–H and O–H groups in total. The van der Waals surface area contributed by atoms with Crippen LogP contribution in [-0.4, -0.2) is 19.0 Å². The minimum absolute atomic E-state index is 0.0900. The van der Waals surface area contributed by atoms with Crippen molar-refractivity contribution < 1.29 is 17.9 Å². The molecule has 0 aromatic heterocycles. The molecule has 0 fully saturated rings. The first-order chi connectivity index (χ1) is 9.38. The van der Waals surface area contributed by atoms with Gasteiger partial charge in [0.25, 0.3) is 0 Å². The number of benzene rings is 1. The molecule has 0 saturated carbocycles. The number of hydrogen-bond acceptors (Lipinski definition) is 2. The van der Waals surface area contributed by atoms with Crippen molar-refractivity contribution in [2.75, 3.05) is 7.11 Å². The predicted octanol–water partition coefficient (Wildman–Crippen LogP) is 3.41. The second-order valence-electron chi connectivity index (χ2n) is 4.43. The van der Waals surface area contributed by atoms with Crippen LogP contribution < -0.4 is 5.43 Å². The SMILES string of the molecule is CCc1ccc(C)c(C2=C(OC)[N]N=C2C(F)(F)F)c1. The van der Waals surface area contributed by atoms with Gasteiger partial charge in [-0.1, -0.05) is 25.1 Å². The van der Waals surface area contributed by atoms with Gasteiger partial charge in [0.05, 0.1) is 12.7 Å². The molecule has 3 nitrogen and oxygen atoms in total. The van der Waals surface area contributed by atoms with Crippen LogP contribution in [0.15, 0.2) is 29.2 Å². The lowest BCUT2D eigenvalue weighted by atomic mass is 9.94. The van der Waals surface area contributed by atoms with E-state index in [1.165, 1.54) is 7.11 Å². The Kier molecular flexibility index (Phi) is 3.74. The normalized spacial score (nSPS) is 15.2. The summed E-state index contributed by atoms with van der Waals surface area (Å²) in [4.78, 5) is 0. The Morgan fingerprint density at radius 2 is 1.95 bits per heavy atom. The highest BCUT2D eigenvalue weighted by molar-refractivity contribution is 6.28. The van der Waals surface area contributed by atoms with Crippen LogP contribution >= 0.6 is 0 Å². The van der Waals surface area contributed by atoms with Gasteiger partial charge in [-0.05, 0) is 30.0 Å². The first kappa shape index (κ1) is 14.4. The molecule has 20 heavy (non-hydrogen) atoms. The lowest BCUT2D eigenvalue weighted by Gasteiger charge is -2.13. The number of methoxy groups -OCH3 is 1. The van der Waals surface area contributed by atoms with Gasteiger partial charge in [0.2, 0.25) is 5.88 Å². The van der Waals surface area contributed by atoms with Crippen LogP contribution in [-0.2, 0) is 11.2 Å². The Labute approximate surface area is 115 Å². The minimum atomic E-state index is -4.56. The second-order valence-corrected chi connectivity index (χ2v) is 4.43. The summed E-state index contributed by atoms with van der Waals surface area (Å²) in [5, 5.41) is 3.23. The van der Waals surface area contributed by atoms with E-state index in [4.69, 9.17) is 4.74 Å². The zero-order chi connectivity index (χ0) is 14.9. The van der Waals surface area contributed by atoms with E-state index in [0.717, 1.165) is 17.5 Å². The van der Waals surface area contributed by atoms with E-state index in [0.29, 0.717) is 5.56 Å². The van der Waals surface area contributed by atoms with Gasteiger partial charge in [0.15, 0.2) is 5.71 Å². The van der Waals surface area contributed by atoms with E-state index in [1.54, 1.807) is 19.1 Å². The molecule has 2 rings (SSSR count). The maximum absolute atomic E-state index is 13.0. The van der Waals surface area contributed by atoms with Crippen molar-refractivity contribution in [2.24, 2.45) is 5.10 Å². The van der Waals surface area contributed by atoms with Gasteiger partial charge < -0.3 is 4.74 Å². The third kappa shape index (κ3) is 2.50. The second kappa shape index (κ2) is 5.19. The van der Waals surface area contributed by atoms with Crippen LogP contribution in [0.4, 0.5) is 13.2 Å². The summed E-state index contributed by atoms with van der Waals surface area (Å²) in [6.45, 7) is 3.69. The zero-order valence-electron chi connectivity index (χ0n) is 11.4. The van der Waals surface area contributed by atoms with Gasteiger partial charge in [-0.25, -0.2) is 0 Å². The Bertz CT molecular complexity index is 589. The molecule has 0 saturated heterocycles. The van der Waals surface area contributed by atoms with Crippen LogP contribution in [0.3, 0.4) is 0 Å². The maximum Gasteiger partial charge on any atom is 0.436 e. The fourth-order valence-corrected chi connectivity index (χ4v) is 2.04.